The van der Waals surface area contributed by atoms with Gasteiger partial charge in [-0.05, 0) is 18.2 Å². The highest BCUT2D eigenvalue weighted by Gasteiger charge is 2.49. The van der Waals surface area contributed by atoms with Gasteiger partial charge in [-0.15, -0.1) is 0 Å². The average Bonchev–Trinajstić information content (AvgIpc) is 2.15. The lowest BCUT2D eigenvalue weighted by Crippen LogP contribution is -2.53. The van der Waals surface area contributed by atoms with E-state index in [4.69, 9.17) is 9.47 Å². The monoisotopic (exact) mass is 286 g/mol. The van der Waals surface area contributed by atoms with Crippen LogP contribution in [0.25, 0.3) is 0 Å². The summed E-state index contributed by atoms with van der Waals surface area (Å²) in [6, 6.07) is 5.34. The van der Waals surface area contributed by atoms with Gasteiger partial charge in [0.05, 0.1) is 20.3 Å². The van der Waals surface area contributed by atoms with Crippen molar-refractivity contribution < 1.29 is 19.4 Å². The largest absolute Gasteiger partial charge is 0.496 e. The molecule has 1 aromatic carbocycles. The van der Waals surface area contributed by atoms with Gasteiger partial charge in [-0.1, -0.05) is 15.9 Å². The van der Waals surface area contributed by atoms with Gasteiger partial charge >= 0.3 is 5.97 Å². The van der Waals surface area contributed by atoms with E-state index in [-0.39, 0.29) is 13.2 Å². The zero-order valence-corrected chi connectivity index (χ0v) is 10.3. The van der Waals surface area contributed by atoms with Crippen molar-refractivity contribution in [3.05, 3.63) is 28.2 Å². The van der Waals surface area contributed by atoms with Crippen LogP contribution in [0.3, 0.4) is 0 Å². The Morgan fingerprint density at radius 2 is 2.25 bits per heavy atom. The van der Waals surface area contributed by atoms with Crippen LogP contribution in [0.15, 0.2) is 22.7 Å². The van der Waals surface area contributed by atoms with Crippen molar-refractivity contribution in [2.45, 2.75) is 5.41 Å². The number of benzene rings is 1. The molecule has 1 saturated heterocycles. The van der Waals surface area contributed by atoms with Gasteiger partial charge in [0.25, 0.3) is 0 Å². The Labute approximate surface area is 101 Å². The summed E-state index contributed by atoms with van der Waals surface area (Å²) < 4.78 is 11.1. The van der Waals surface area contributed by atoms with E-state index >= 15 is 0 Å². The molecule has 0 aliphatic carbocycles. The van der Waals surface area contributed by atoms with Gasteiger partial charge in [-0.2, -0.15) is 0 Å². The minimum Gasteiger partial charge on any atom is -0.496 e. The molecule has 1 fully saturated rings. The molecule has 1 heterocycles. The molecular formula is C11H11BrO4. The van der Waals surface area contributed by atoms with Gasteiger partial charge in [-0.25, -0.2) is 0 Å². The molecule has 0 radical (unpaired) electrons. The van der Waals surface area contributed by atoms with E-state index in [0.717, 1.165) is 4.47 Å². The first-order valence-corrected chi connectivity index (χ1v) is 5.54. The third-order valence-corrected chi connectivity index (χ3v) is 3.28. The number of carboxylic acid groups (broad SMARTS) is 1. The Morgan fingerprint density at radius 1 is 1.56 bits per heavy atom. The van der Waals surface area contributed by atoms with Crippen molar-refractivity contribution in [1.29, 1.82) is 0 Å². The van der Waals surface area contributed by atoms with Crippen molar-refractivity contribution in [1.82, 2.24) is 0 Å². The number of hydrogen-bond acceptors (Lipinski definition) is 3. The van der Waals surface area contributed by atoms with Crippen LogP contribution < -0.4 is 4.74 Å². The number of carbonyl (C=O) groups is 1. The zero-order chi connectivity index (χ0) is 11.8. The second-order valence-electron chi connectivity index (χ2n) is 3.72. The molecule has 16 heavy (non-hydrogen) atoms. The van der Waals surface area contributed by atoms with E-state index in [9.17, 15) is 9.90 Å². The fourth-order valence-electron chi connectivity index (χ4n) is 1.75. The Bertz CT molecular complexity index is 426. The highest BCUT2D eigenvalue weighted by atomic mass is 79.9. The summed E-state index contributed by atoms with van der Waals surface area (Å²) in [4.78, 5) is 11.3. The number of methoxy groups -OCH3 is 1. The van der Waals surface area contributed by atoms with Crippen molar-refractivity contribution >= 4 is 21.9 Å². The van der Waals surface area contributed by atoms with Gasteiger partial charge in [0.1, 0.15) is 11.2 Å². The number of carboxylic acids is 1. The van der Waals surface area contributed by atoms with Gasteiger partial charge < -0.3 is 14.6 Å². The van der Waals surface area contributed by atoms with E-state index in [2.05, 4.69) is 15.9 Å². The Morgan fingerprint density at radius 3 is 2.69 bits per heavy atom. The summed E-state index contributed by atoms with van der Waals surface area (Å²) in [5.41, 5.74) is -0.307. The quantitative estimate of drug-likeness (QED) is 0.921. The van der Waals surface area contributed by atoms with Crippen molar-refractivity contribution in [3.63, 3.8) is 0 Å². The number of hydrogen-bond donors (Lipinski definition) is 1. The maximum absolute atomic E-state index is 11.3. The van der Waals surface area contributed by atoms with Crippen LogP contribution in [0, 0.1) is 0 Å². The van der Waals surface area contributed by atoms with E-state index in [1.165, 1.54) is 7.11 Å². The summed E-state index contributed by atoms with van der Waals surface area (Å²) in [7, 11) is 1.53. The van der Waals surface area contributed by atoms with Gasteiger partial charge in [0.15, 0.2) is 0 Å². The predicted octanol–water partition coefficient (Wildman–Crippen LogP) is 1.81. The lowest BCUT2D eigenvalue weighted by atomic mass is 9.78. The standard InChI is InChI=1S/C11H11BrO4/c1-15-9-3-2-7(12)4-8(9)11(10(13)14)5-16-6-11/h2-4H,5-6H2,1H3,(H,13,14). The van der Waals surface area contributed by atoms with E-state index in [1.54, 1.807) is 12.1 Å². The van der Waals surface area contributed by atoms with E-state index < -0.39 is 11.4 Å². The minimum atomic E-state index is -0.963. The molecular weight excluding hydrogens is 276 g/mol. The normalized spacial score (nSPS) is 17.6. The number of rotatable bonds is 3. The fourth-order valence-corrected chi connectivity index (χ4v) is 2.12. The zero-order valence-electron chi connectivity index (χ0n) is 8.70. The molecule has 1 aliphatic heterocycles. The second-order valence-corrected chi connectivity index (χ2v) is 4.64. The first-order valence-electron chi connectivity index (χ1n) is 4.75. The lowest BCUT2D eigenvalue weighted by Gasteiger charge is -2.38. The van der Waals surface area contributed by atoms with Crippen molar-refractivity contribution in [2.24, 2.45) is 0 Å². The third-order valence-electron chi connectivity index (χ3n) is 2.78. The third kappa shape index (κ3) is 1.60. The molecule has 0 spiro atoms. The molecule has 0 amide bonds. The molecule has 0 bridgehead atoms. The average molecular weight is 287 g/mol. The first-order chi connectivity index (χ1) is 7.60. The van der Waals surface area contributed by atoms with E-state index in [0.29, 0.717) is 11.3 Å². The number of ether oxygens (including phenoxy) is 2. The molecule has 0 aromatic heterocycles. The lowest BCUT2D eigenvalue weighted by molar-refractivity contribution is -0.163. The fraction of sp³-hybridized carbons (Fsp3) is 0.364. The smallest absolute Gasteiger partial charge is 0.319 e. The number of halogens is 1. The summed E-state index contributed by atoms with van der Waals surface area (Å²) in [5, 5.41) is 9.30. The SMILES string of the molecule is COc1ccc(Br)cc1C1(C(=O)O)COC1. The minimum absolute atomic E-state index is 0.190. The maximum Gasteiger partial charge on any atom is 0.319 e. The molecule has 86 valence electrons. The number of aliphatic carboxylic acids is 1. The molecule has 2 rings (SSSR count). The van der Waals surface area contributed by atoms with Crippen LogP contribution in [-0.2, 0) is 14.9 Å². The van der Waals surface area contributed by atoms with Gasteiger partial charge in [-0.3, -0.25) is 4.79 Å². The molecule has 1 aromatic rings. The highest BCUT2D eigenvalue weighted by molar-refractivity contribution is 9.10. The van der Waals surface area contributed by atoms with Crippen LogP contribution in [-0.4, -0.2) is 31.4 Å². The van der Waals surface area contributed by atoms with Crippen LogP contribution in [0.4, 0.5) is 0 Å². The topological polar surface area (TPSA) is 55.8 Å². The van der Waals surface area contributed by atoms with Gasteiger partial charge in [0.2, 0.25) is 0 Å². The summed E-state index contributed by atoms with van der Waals surface area (Å²) in [5.74, 6) is -0.302. The summed E-state index contributed by atoms with van der Waals surface area (Å²) >= 11 is 3.33. The first kappa shape index (κ1) is 11.4. The van der Waals surface area contributed by atoms with Gasteiger partial charge in [0, 0.05) is 10.0 Å². The van der Waals surface area contributed by atoms with Crippen molar-refractivity contribution in [3.8, 4) is 5.75 Å². The Balaban J connectivity index is 2.52. The van der Waals surface area contributed by atoms with E-state index in [1.807, 2.05) is 6.07 Å². The molecule has 1 N–H and O–H groups in total. The molecule has 0 atom stereocenters. The molecule has 5 heteroatoms. The van der Waals surface area contributed by atoms with Crippen LogP contribution >= 0.6 is 15.9 Å². The molecule has 0 saturated carbocycles. The molecule has 0 unspecified atom stereocenters. The predicted molar refractivity (Wildman–Crippen MR) is 60.8 cm³/mol. The van der Waals surface area contributed by atoms with Crippen LogP contribution in [0.5, 0.6) is 5.75 Å². The van der Waals surface area contributed by atoms with Crippen LogP contribution in [0.1, 0.15) is 5.56 Å². The summed E-state index contributed by atoms with van der Waals surface area (Å²) in [6.07, 6.45) is 0. The Hall–Kier alpha value is -1.07. The summed E-state index contributed by atoms with van der Waals surface area (Å²) in [6.45, 7) is 0.379. The second kappa shape index (κ2) is 4.07. The maximum atomic E-state index is 11.3. The van der Waals surface area contributed by atoms with Crippen molar-refractivity contribution in [2.75, 3.05) is 20.3 Å². The molecule has 1 aliphatic rings. The molecule has 4 nitrogen and oxygen atoms in total. The highest BCUT2D eigenvalue weighted by Crippen LogP contribution is 2.39. The van der Waals surface area contributed by atoms with Crippen LogP contribution in [0.2, 0.25) is 0 Å². The Kier molecular flexibility index (Phi) is 2.90.